The predicted octanol–water partition coefficient (Wildman–Crippen LogP) is 2.77. The summed E-state index contributed by atoms with van der Waals surface area (Å²) in [6.07, 6.45) is -0.482. The molecule has 0 bridgehead atoms. The minimum atomic E-state index is -0.482. The number of rotatable bonds is 9. The minimum Gasteiger partial charge on any atom is -0.491 e. The van der Waals surface area contributed by atoms with Crippen molar-refractivity contribution < 1.29 is 9.84 Å². The van der Waals surface area contributed by atoms with E-state index in [0.717, 1.165) is 17.3 Å². The first-order valence-corrected chi connectivity index (χ1v) is 8.37. The Balaban J connectivity index is 2.27. The molecular weight excluding hydrogens is 270 g/mol. The number of aryl methyl sites for hydroxylation is 2. The molecule has 0 radical (unpaired) electrons. The van der Waals surface area contributed by atoms with Crippen LogP contribution >= 0.6 is 11.8 Å². The van der Waals surface area contributed by atoms with Gasteiger partial charge in [-0.1, -0.05) is 13.0 Å². The van der Waals surface area contributed by atoms with Crippen LogP contribution < -0.4 is 10.1 Å². The van der Waals surface area contributed by atoms with E-state index in [0.29, 0.717) is 19.2 Å². The highest BCUT2D eigenvalue weighted by atomic mass is 32.2. The van der Waals surface area contributed by atoms with Crippen molar-refractivity contribution in [2.24, 2.45) is 0 Å². The number of aliphatic hydroxyl groups excluding tert-OH is 1. The highest BCUT2D eigenvalue weighted by molar-refractivity contribution is 7.99. The maximum Gasteiger partial charge on any atom is 0.119 e. The summed E-state index contributed by atoms with van der Waals surface area (Å²) < 4.78 is 5.65. The fraction of sp³-hybridized carbons (Fsp3) is 0.625. The van der Waals surface area contributed by atoms with E-state index in [1.807, 2.05) is 37.7 Å². The van der Waals surface area contributed by atoms with Crippen LogP contribution in [-0.2, 0) is 0 Å². The van der Waals surface area contributed by atoms with E-state index in [2.05, 4.69) is 25.2 Å². The van der Waals surface area contributed by atoms with Crippen LogP contribution in [0.2, 0.25) is 0 Å². The lowest BCUT2D eigenvalue weighted by Crippen LogP contribution is -2.37. The van der Waals surface area contributed by atoms with Crippen LogP contribution in [0.15, 0.2) is 18.2 Å². The van der Waals surface area contributed by atoms with Crippen molar-refractivity contribution in [3.63, 3.8) is 0 Å². The fourth-order valence-electron chi connectivity index (χ4n) is 1.96. The predicted molar refractivity (Wildman–Crippen MR) is 87.9 cm³/mol. The number of ether oxygens (including phenoxy) is 1. The van der Waals surface area contributed by atoms with Crippen LogP contribution in [0.25, 0.3) is 0 Å². The molecule has 0 fully saturated rings. The smallest absolute Gasteiger partial charge is 0.119 e. The molecule has 4 heteroatoms. The Morgan fingerprint density at radius 2 is 1.90 bits per heavy atom. The van der Waals surface area contributed by atoms with Crippen molar-refractivity contribution >= 4 is 11.8 Å². The Morgan fingerprint density at radius 3 is 2.50 bits per heavy atom. The van der Waals surface area contributed by atoms with Gasteiger partial charge in [0.15, 0.2) is 0 Å². The monoisotopic (exact) mass is 297 g/mol. The zero-order valence-electron chi connectivity index (χ0n) is 13.0. The van der Waals surface area contributed by atoms with E-state index in [9.17, 15) is 5.11 Å². The van der Waals surface area contributed by atoms with Crippen LogP contribution in [0.4, 0.5) is 0 Å². The van der Waals surface area contributed by atoms with Crippen molar-refractivity contribution in [2.75, 3.05) is 24.7 Å². The molecule has 1 aromatic rings. The van der Waals surface area contributed by atoms with Gasteiger partial charge in [0.05, 0.1) is 0 Å². The van der Waals surface area contributed by atoms with Gasteiger partial charge in [-0.3, -0.25) is 0 Å². The molecule has 114 valence electrons. The van der Waals surface area contributed by atoms with Gasteiger partial charge in [-0.15, -0.1) is 0 Å². The molecule has 2 atom stereocenters. The summed E-state index contributed by atoms with van der Waals surface area (Å²) in [6, 6.07) is 6.51. The van der Waals surface area contributed by atoms with Gasteiger partial charge < -0.3 is 15.2 Å². The summed E-state index contributed by atoms with van der Waals surface area (Å²) in [7, 11) is 0. The Labute approximate surface area is 127 Å². The second-order valence-electron chi connectivity index (χ2n) is 5.26. The van der Waals surface area contributed by atoms with Crippen LogP contribution in [0.5, 0.6) is 5.75 Å². The highest BCUT2D eigenvalue weighted by Crippen LogP contribution is 2.16. The van der Waals surface area contributed by atoms with Crippen molar-refractivity contribution in [2.45, 2.75) is 39.8 Å². The second kappa shape index (κ2) is 9.27. The molecule has 1 rings (SSSR count). The number of hydrogen-bond donors (Lipinski definition) is 2. The van der Waals surface area contributed by atoms with Gasteiger partial charge in [0.25, 0.3) is 0 Å². The molecule has 0 heterocycles. The summed E-state index contributed by atoms with van der Waals surface area (Å²) in [5, 5.41) is 13.3. The van der Waals surface area contributed by atoms with Gasteiger partial charge in [-0.2, -0.15) is 11.8 Å². The maximum absolute atomic E-state index is 9.93. The Hall–Kier alpha value is -0.710. The third-order valence-electron chi connectivity index (χ3n) is 2.91. The summed E-state index contributed by atoms with van der Waals surface area (Å²) in [5.41, 5.74) is 2.36. The van der Waals surface area contributed by atoms with Crippen LogP contribution in [-0.4, -0.2) is 41.9 Å². The normalized spacial score (nSPS) is 14.1. The first-order chi connectivity index (χ1) is 9.51. The molecule has 20 heavy (non-hydrogen) atoms. The Morgan fingerprint density at radius 1 is 1.25 bits per heavy atom. The van der Waals surface area contributed by atoms with Gasteiger partial charge in [-0.05, 0) is 49.8 Å². The molecule has 2 N–H and O–H groups in total. The first kappa shape index (κ1) is 17.3. The molecule has 0 spiro atoms. The summed E-state index contributed by atoms with van der Waals surface area (Å²) in [6.45, 7) is 9.28. The molecule has 1 aromatic carbocycles. The molecule has 2 unspecified atom stereocenters. The van der Waals surface area contributed by atoms with E-state index < -0.39 is 6.10 Å². The molecule has 0 saturated carbocycles. The Bertz CT molecular complexity index is 378. The van der Waals surface area contributed by atoms with Crippen LogP contribution in [0, 0.1) is 13.8 Å². The first-order valence-electron chi connectivity index (χ1n) is 7.21. The van der Waals surface area contributed by atoms with E-state index in [4.69, 9.17) is 4.74 Å². The van der Waals surface area contributed by atoms with E-state index >= 15 is 0 Å². The molecule has 0 amide bonds. The van der Waals surface area contributed by atoms with Crippen LogP contribution in [0.1, 0.15) is 25.0 Å². The topological polar surface area (TPSA) is 41.5 Å². The van der Waals surface area contributed by atoms with Crippen molar-refractivity contribution in [1.82, 2.24) is 5.32 Å². The summed E-state index contributed by atoms with van der Waals surface area (Å²) in [5.74, 6) is 3.03. The highest BCUT2D eigenvalue weighted by Gasteiger charge is 2.08. The standard InChI is InChI=1S/C16H27NO2S/c1-5-20-11-14(4)17-9-15(18)10-19-16-7-12(2)6-13(3)8-16/h6-8,14-15,17-18H,5,9-11H2,1-4H3. The summed E-state index contributed by atoms with van der Waals surface area (Å²) in [4.78, 5) is 0. The lowest BCUT2D eigenvalue weighted by molar-refractivity contribution is 0.105. The fourth-order valence-corrected chi connectivity index (χ4v) is 2.67. The van der Waals surface area contributed by atoms with E-state index in [-0.39, 0.29) is 0 Å². The van der Waals surface area contributed by atoms with Gasteiger partial charge in [0.2, 0.25) is 0 Å². The number of benzene rings is 1. The lowest BCUT2D eigenvalue weighted by Gasteiger charge is -2.17. The quantitative estimate of drug-likeness (QED) is 0.735. The lowest BCUT2D eigenvalue weighted by atomic mass is 10.1. The van der Waals surface area contributed by atoms with Crippen LogP contribution in [0.3, 0.4) is 0 Å². The van der Waals surface area contributed by atoms with Gasteiger partial charge in [0, 0.05) is 18.3 Å². The Kier molecular flexibility index (Phi) is 8.04. The number of hydrogen-bond acceptors (Lipinski definition) is 4. The average Bonchev–Trinajstić information content (AvgIpc) is 2.39. The van der Waals surface area contributed by atoms with Gasteiger partial charge in [0.1, 0.15) is 18.5 Å². The molecular formula is C16H27NO2S. The third-order valence-corrected chi connectivity index (χ3v) is 4.06. The van der Waals surface area contributed by atoms with Gasteiger partial charge >= 0.3 is 0 Å². The zero-order chi connectivity index (χ0) is 15.0. The molecule has 0 saturated heterocycles. The van der Waals surface area contributed by atoms with Gasteiger partial charge in [-0.25, -0.2) is 0 Å². The molecule has 0 aliphatic rings. The SMILES string of the molecule is CCSCC(C)NCC(O)COc1cc(C)cc(C)c1. The molecule has 0 aliphatic heterocycles. The zero-order valence-corrected chi connectivity index (χ0v) is 13.8. The number of thioether (sulfide) groups is 1. The molecule has 0 aliphatic carbocycles. The average molecular weight is 297 g/mol. The third kappa shape index (κ3) is 7.17. The number of nitrogens with one attached hydrogen (secondary N) is 1. The van der Waals surface area contributed by atoms with E-state index in [1.54, 1.807) is 0 Å². The van der Waals surface area contributed by atoms with Crippen molar-refractivity contribution in [1.29, 1.82) is 0 Å². The van der Waals surface area contributed by atoms with Crippen molar-refractivity contribution in [3.8, 4) is 5.75 Å². The second-order valence-corrected chi connectivity index (χ2v) is 6.58. The molecule has 3 nitrogen and oxygen atoms in total. The molecule has 0 aromatic heterocycles. The van der Waals surface area contributed by atoms with E-state index in [1.165, 1.54) is 11.1 Å². The summed E-state index contributed by atoms with van der Waals surface area (Å²) >= 11 is 1.91. The maximum atomic E-state index is 9.93. The number of aliphatic hydroxyl groups is 1. The van der Waals surface area contributed by atoms with Crippen molar-refractivity contribution in [3.05, 3.63) is 29.3 Å². The minimum absolute atomic E-state index is 0.323. The largest absolute Gasteiger partial charge is 0.491 e.